The van der Waals surface area contributed by atoms with Crippen LogP contribution in [0.25, 0.3) is 0 Å². The van der Waals surface area contributed by atoms with Crippen LogP contribution in [0.3, 0.4) is 0 Å². The van der Waals surface area contributed by atoms with Gasteiger partial charge in [0.1, 0.15) is 0 Å². The van der Waals surface area contributed by atoms with E-state index in [-0.39, 0.29) is 28.1 Å². The number of hydrogen-bond acceptors (Lipinski definition) is 2. The van der Waals surface area contributed by atoms with Crippen molar-refractivity contribution in [2.24, 2.45) is 17.3 Å². The first-order valence-electron chi connectivity index (χ1n) is 12.4. The van der Waals surface area contributed by atoms with Crippen LogP contribution in [0.5, 0.6) is 0 Å². The first-order chi connectivity index (χ1) is 15.7. The first-order valence-corrected chi connectivity index (χ1v) is 14.3. The van der Waals surface area contributed by atoms with Crippen molar-refractivity contribution in [1.82, 2.24) is 0 Å². The normalized spacial score (nSPS) is 22.9. The molecule has 2 atom stereocenters. The van der Waals surface area contributed by atoms with Crippen LogP contribution in [-0.4, -0.2) is 18.9 Å². The summed E-state index contributed by atoms with van der Waals surface area (Å²) in [6.45, 7) is 8.99. The molecule has 174 valence electrons. The van der Waals surface area contributed by atoms with Crippen LogP contribution in [0, 0.1) is 17.3 Å². The second-order valence-corrected chi connectivity index (χ2v) is 15.2. The fraction of sp³-hybridized carbons (Fsp3) is 0.433. The molecule has 0 amide bonds. The van der Waals surface area contributed by atoms with Gasteiger partial charge in [-0.3, -0.25) is 4.79 Å². The quantitative estimate of drug-likeness (QED) is 0.420. The molecule has 0 saturated carbocycles. The lowest BCUT2D eigenvalue weighted by Crippen LogP contribution is -2.66. The summed E-state index contributed by atoms with van der Waals surface area (Å²) in [5.41, 5.74) is 1.30. The topological polar surface area (TPSA) is 37.3 Å². The lowest BCUT2D eigenvalue weighted by Gasteiger charge is -2.48. The molecular weight excluding hydrogens is 420 g/mol. The monoisotopic (exact) mass is 458 g/mol. The Morgan fingerprint density at radius 3 is 2.09 bits per heavy atom. The summed E-state index contributed by atoms with van der Waals surface area (Å²) in [7, 11) is -3.08. The summed E-state index contributed by atoms with van der Waals surface area (Å²) >= 11 is 0. The zero-order chi connectivity index (χ0) is 23.7. The number of rotatable bonds is 7. The number of hydrogen-bond donors (Lipinski definition) is 1. The first kappa shape index (κ1) is 23.9. The van der Waals surface area contributed by atoms with E-state index in [0.717, 1.165) is 36.1 Å². The molecule has 33 heavy (non-hydrogen) atoms. The maximum atomic E-state index is 13.0. The Kier molecular flexibility index (Phi) is 6.66. The van der Waals surface area contributed by atoms with E-state index < -0.39 is 8.32 Å². The van der Waals surface area contributed by atoms with Crippen molar-refractivity contribution >= 4 is 24.5 Å². The van der Waals surface area contributed by atoms with Gasteiger partial charge in [-0.1, -0.05) is 106 Å². The molecule has 0 saturated heterocycles. The van der Waals surface area contributed by atoms with E-state index in [1.165, 1.54) is 12.0 Å². The van der Waals surface area contributed by atoms with E-state index in [1.807, 2.05) is 42.5 Å². The molecule has 4 rings (SSSR count). The van der Waals surface area contributed by atoms with Crippen molar-refractivity contribution in [1.29, 1.82) is 0 Å². The minimum absolute atomic E-state index is 0.0101. The van der Waals surface area contributed by atoms with Gasteiger partial charge in [0.15, 0.2) is 5.78 Å². The highest BCUT2D eigenvalue weighted by molar-refractivity contribution is 6.98. The van der Waals surface area contributed by atoms with E-state index >= 15 is 0 Å². The molecule has 2 aromatic carbocycles. The van der Waals surface area contributed by atoms with E-state index in [2.05, 4.69) is 64.1 Å². The van der Waals surface area contributed by atoms with Crippen LogP contribution >= 0.6 is 0 Å². The minimum atomic E-state index is -3.08. The number of ketones is 1. The van der Waals surface area contributed by atoms with E-state index in [1.54, 1.807) is 0 Å². The average molecular weight is 459 g/mol. The van der Waals surface area contributed by atoms with Gasteiger partial charge in [-0.2, -0.15) is 0 Å². The Balaban J connectivity index is 1.69. The fourth-order valence-corrected chi connectivity index (χ4v) is 9.85. The summed E-state index contributed by atoms with van der Waals surface area (Å²) in [4.78, 5) is 25.6. The molecule has 0 bridgehead atoms. The molecule has 2 nitrogen and oxygen atoms in total. The largest absolute Gasteiger partial charge is 0.424 e. The summed E-state index contributed by atoms with van der Waals surface area (Å²) in [6.07, 6.45) is 11.5. The highest BCUT2D eigenvalue weighted by Gasteiger charge is 2.53. The van der Waals surface area contributed by atoms with Gasteiger partial charge in [0, 0.05) is 5.92 Å². The van der Waals surface area contributed by atoms with Crippen molar-refractivity contribution in [3.8, 4) is 0 Å². The fourth-order valence-electron chi connectivity index (χ4n) is 6.08. The third kappa shape index (κ3) is 4.46. The van der Waals surface area contributed by atoms with Crippen LogP contribution in [0.15, 0.2) is 84.5 Å². The second kappa shape index (κ2) is 9.19. The van der Waals surface area contributed by atoms with Crippen LogP contribution in [0.4, 0.5) is 0 Å². The SMILES string of the molecule is CC1(C)[C@H](CC2=CCCC2)C(=O)C=C[C@H]1CC(C)(C)[Si](O)(c1ccccc1)c1ccccc1. The number of carbonyl (C=O) groups is 1. The van der Waals surface area contributed by atoms with Crippen LogP contribution in [0.1, 0.15) is 59.8 Å². The van der Waals surface area contributed by atoms with Crippen LogP contribution in [-0.2, 0) is 4.79 Å². The van der Waals surface area contributed by atoms with Gasteiger partial charge >= 0.3 is 0 Å². The number of allylic oxidation sites excluding steroid dienone is 4. The molecule has 0 spiro atoms. The third-order valence-electron chi connectivity index (χ3n) is 8.38. The molecular formula is C30H38O2Si. The Labute approximate surface area is 200 Å². The standard InChI is InChI=1S/C30H38O2Si/c1-29(2,33(32,25-15-7-5-8-16-25)26-17-9-6-10-18-26)22-24-19-20-28(31)27(30(24,3)4)21-23-13-11-12-14-23/h5-10,13,15-20,24,27,32H,11-12,14,21-22H2,1-4H3/t24-,27+/m0/s1. The zero-order valence-corrected chi connectivity index (χ0v) is 21.6. The molecule has 2 aromatic rings. The van der Waals surface area contributed by atoms with Crippen molar-refractivity contribution in [2.75, 3.05) is 0 Å². The Morgan fingerprint density at radius 2 is 1.58 bits per heavy atom. The molecule has 1 N–H and O–H groups in total. The highest BCUT2D eigenvalue weighted by atomic mass is 28.4. The second-order valence-electron chi connectivity index (χ2n) is 11.2. The minimum Gasteiger partial charge on any atom is -0.424 e. The lowest BCUT2D eigenvalue weighted by atomic mass is 9.61. The summed E-state index contributed by atoms with van der Waals surface area (Å²) in [6, 6.07) is 20.5. The predicted molar refractivity (Wildman–Crippen MR) is 140 cm³/mol. The van der Waals surface area contributed by atoms with Crippen molar-refractivity contribution < 1.29 is 9.59 Å². The molecule has 0 fully saturated rings. The molecule has 0 radical (unpaired) electrons. The van der Waals surface area contributed by atoms with Gasteiger partial charge in [0.2, 0.25) is 0 Å². The summed E-state index contributed by atoms with van der Waals surface area (Å²) in [5.74, 6) is 0.500. The predicted octanol–water partition coefficient (Wildman–Crippen LogP) is 5.81. The summed E-state index contributed by atoms with van der Waals surface area (Å²) < 4.78 is 0. The van der Waals surface area contributed by atoms with Crippen LogP contribution < -0.4 is 10.4 Å². The van der Waals surface area contributed by atoms with Gasteiger partial charge in [-0.05, 0) is 64.9 Å². The van der Waals surface area contributed by atoms with E-state index in [0.29, 0.717) is 0 Å². The molecule has 3 heteroatoms. The average Bonchev–Trinajstić information content (AvgIpc) is 3.33. The zero-order valence-electron chi connectivity index (χ0n) is 20.6. The Hall–Kier alpha value is -2.23. The van der Waals surface area contributed by atoms with Gasteiger partial charge in [-0.25, -0.2) is 0 Å². The molecule has 0 aromatic heterocycles. The maximum absolute atomic E-state index is 13.0. The van der Waals surface area contributed by atoms with Gasteiger partial charge < -0.3 is 4.80 Å². The third-order valence-corrected chi connectivity index (χ3v) is 12.9. The van der Waals surface area contributed by atoms with Crippen molar-refractivity contribution in [3.05, 3.63) is 84.5 Å². The smallest absolute Gasteiger partial charge is 0.258 e. The van der Waals surface area contributed by atoms with Gasteiger partial charge in [-0.15, -0.1) is 0 Å². The Bertz CT molecular complexity index is 994. The molecule has 0 unspecified atom stereocenters. The van der Waals surface area contributed by atoms with Crippen molar-refractivity contribution in [3.63, 3.8) is 0 Å². The summed E-state index contributed by atoms with van der Waals surface area (Å²) in [5, 5.41) is 1.75. The highest BCUT2D eigenvalue weighted by Crippen LogP contribution is 2.51. The number of benzene rings is 2. The maximum Gasteiger partial charge on any atom is 0.258 e. The molecule has 0 heterocycles. The molecule has 2 aliphatic carbocycles. The van der Waals surface area contributed by atoms with E-state index in [9.17, 15) is 9.59 Å². The lowest BCUT2D eigenvalue weighted by molar-refractivity contribution is -0.123. The van der Waals surface area contributed by atoms with Crippen molar-refractivity contribution in [2.45, 2.75) is 64.8 Å². The van der Waals surface area contributed by atoms with E-state index in [4.69, 9.17) is 0 Å². The number of carbonyl (C=O) groups excluding carboxylic acids is 1. The van der Waals surface area contributed by atoms with Gasteiger partial charge in [0.05, 0.1) is 0 Å². The van der Waals surface area contributed by atoms with Crippen LogP contribution in [0.2, 0.25) is 5.04 Å². The molecule has 2 aliphatic rings. The molecule has 0 aliphatic heterocycles. The Morgan fingerprint density at radius 1 is 1.00 bits per heavy atom. The van der Waals surface area contributed by atoms with Gasteiger partial charge in [0.25, 0.3) is 8.32 Å².